The number of carbonyl (C=O) groups excluding carboxylic acids is 1. The van der Waals surface area contributed by atoms with Crippen molar-refractivity contribution in [1.29, 1.82) is 0 Å². The van der Waals surface area contributed by atoms with Gasteiger partial charge in [-0.2, -0.15) is 0 Å². The zero-order chi connectivity index (χ0) is 21.6. The molecule has 0 saturated heterocycles. The highest BCUT2D eigenvalue weighted by Gasteiger charge is 2.08. The van der Waals surface area contributed by atoms with Crippen molar-refractivity contribution < 1.29 is 9.53 Å². The van der Waals surface area contributed by atoms with E-state index in [2.05, 4.69) is 55.0 Å². The third-order valence-corrected chi connectivity index (χ3v) is 5.67. The van der Waals surface area contributed by atoms with Gasteiger partial charge in [-0.1, -0.05) is 90.0 Å². The lowest BCUT2D eigenvalue weighted by atomic mass is 10.0. The molecule has 164 valence electrons. The summed E-state index contributed by atoms with van der Waals surface area (Å²) in [5, 5.41) is 0. The maximum Gasteiger partial charge on any atom is 0.311 e. The average molecular weight is 411 g/mol. The summed E-state index contributed by atoms with van der Waals surface area (Å²) in [6.07, 6.45) is 15.7. The van der Waals surface area contributed by atoms with E-state index in [1.54, 1.807) is 12.4 Å². The van der Waals surface area contributed by atoms with Crippen LogP contribution in [0.1, 0.15) is 90.5 Å². The molecule has 2 aromatic rings. The number of carbonyl (C=O) groups is 1. The summed E-state index contributed by atoms with van der Waals surface area (Å²) in [6, 6.07) is 8.47. The first-order chi connectivity index (χ1) is 14.6. The fourth-order valence-electron chi connectivity index (χ4n) is 3.43. The van der Waals surface area contributed by atoms with E-state index in [-0.39, 0.29) is 5.97 Å². The van der Waals surface area contributed by atoms with Gasteiger partial charge in [0, 0.05) is 12.0 Å². The molecule has 30 heavy (non-hydrogen) atoms. The lowest BCUT2D eigenvalue weighted by molar-refractivity contribution is -0.134. The van der Waals surface area contributed by atoms with Gasteiger partial charge in [-0.3, -0.25) is 4.79 Å². The first-order valence-corrected chi connectivity index (χ1v) is 11.7. The second-order valence-corrected chi connectivity index (χ2v) is 8.34. The molecular formula is C26H38N2O2. The SMILES string of the molecule is CCCCCCCCc1ccc(-c2ncc(OC(=O)CCCC(C)CC)cn2)cc1. The number of benzene rings is 1. The summed E-state index contributed by atoms with van der Waals surface area (Å²) in [5.74, 6) is 1.50. The second kappa shape index (κ2) is 13.9. The van der Waals surface area contributed by atoms with E-state index in [0.717, 1.165) is 31.2 Å². The topological polar surface area (TPSA) is 52.1 Å². The summed E-state index contributed by atoms with van der Waals surface area (Å²) >= 11 is 0. The highest BCUT2D eigenvalue weighted by molar-refractivity contribution is 5.72. The van der Waals surface area contributed by atoms with Gasteiger partial charge >= 0.3 is 5.97 Å². The van der Waals surface area contributed by atoms with Crippen molar-refractivity contribution in [3.05, 3.63) is 42.2 Å². The molecule has 2 rings (SSSR count). The third-order valence-electron chi connectivity index (χ3n) is 5.67. The van der Waals surface area contributed by atoms with Crippen LogP contribution in [0.2, 0.25) is 0 Å². The minimum absolute atomic E-state index is 0.214. The Hall–Kier alpha value is -2.23. The summed E-state index contributed by atoms with van der Waals surface area (Å²) in [5.41, 5.74) is 2.34. The van der Waals surface area contributed by atoms with Gasteiger partial charge in [0.25, 0.3) is 0 Å². The van der Waals surface area contributed by atoms with Gasteiger partial charge in [0.05, 0.1) is 12.4 Å². The second-order valence-electron chi connectivity index (χ2n) is 8.34. The van der Waals surface area contributed by atoms with Crippen LogP contribution in [-0.2, 0) is 11.2 Å². The van der Waals surface area contributed by atoms with Crippen molar-refractivity contribution in [2.75, 3.05) is 0 Å². The molecule has 1 atom stereocenters. The van der Waals surface area contributed by atoms with Crippen molar-refractivity contribution in [2.45, 2.75) is 91.4 Å². The highest BCUT2D eigenvalue weighted by atomic mass is 16.5. The highest BCUT2D eigenvalue weighted by Crippen LogP contribution is 2.19. The molecular weight excluding hydrogens is 372 g/mol. The largest absolute Gasteiger partial charge is 0.423 e. The summed E-state index contributed by atoms with van der Waals surface area (Å²) in [4.78, 5) is 20.7. The molecule has 0 aliphatic carbocycles. The van der Waals surface area contributed by atoms with E-state index in [4.69, 9.17) is 4.74 Å². The van der Waals surface area contributed by atoms with Crippen LogP contribution in [0.5, 0.6) is 5.75 Å². The van der Waals surface area contributed by atoms with E-state index in [1.807, 2.05) is 0 Å². The quantitative estimate of drug-likeness (QED) is 0.245. The number of esters is 1. The standard InChI is InChI=1S/C26H38N2O2/c1-4-6-7-8-9-10-13-22-15-17-23(18-16-22)26-27-19-24(20-28-26)30-25(29)14-11-12-21(3)5-2/h15-21H,4-14H2,1-3H3. The smallest absolute Gasteiger partial charge is 0.311 e. The predicted octanol–water partition coefficient (Wildman–Crippen LogP) is 7.17. The molecule has 0 bridgehead atoms. The zero-order valence-electron chi connectivity index (χ0n) is 19.0. The number of aryl methyl sites for hydroxylation is 1. The summed E-state index contributed by atoms with van der Waals surface area (Å²) < 4.78 is 5.36. The molecule has 1 heterocycles. The van der Waals surface area contributed by atoms with Gasteiger partial charge in [-0.05, 0) is 30.7 Å². The van der Waals surface area contributed by atoms with E-state index in [0.29, 0.717) is 23.9 Å². The molecule has 4 heteroatoms. The number of unbranched alkanes of at least 4 members (excludes halogenated alkanes) is 5. The molecule has 0 spiro atoms. The summed E-state index contributed by atoms with van der Waals surface area (Å²) in [7, 11) is 0. The molecule has 0 fully saturated rings. The van der Waals surface area contributed by atoms with Crippen LogP contribution in [0, 0.1) is 5.92 Å². The monoisotopic (exact) mass is 410 g/mol. The summed E-state index contributed by atoms with van der Waals surface area (Å²) in [6.45, 7) is 6.63. The van der Waals surface area contributed by atoms with E-state index < -0.39 is 0 Å². The lowest BCUT2D eigenvalue weighted by Gasteiger charge is -2.08. The Kier molecular flexibility index (Phi) is 11.1. The molecule has 4 nitrogen and oxygen atoms in total. The van der Waals surface area contributed by atoms with Gasteiger partial charge < -0.3 is 4.74 Å². The van der Waals surface area contributed by atoms with E-state index in [9.17, 15) is 4.79 Å². The zero-order valence-corrected chi connectivity index (χ0v) is 19.0. The third kappa shape index (κ3) is 9.06. The van der Waals surface area contributed by atoms with Crippen LogP contribution in [0.15, 0.2) is 36.7 Å². The van der Waals surface area contributed by atoms with Crippen molar-refractivity contribution in [1.82, 2.24) is 9.97 Å². The van der Waals surface area contributed by atoms with Gasteiger partial charge in [-0.15, -0.1) is 0 Å². The molecule has 0 aliphatic rings. The van der Waals surface area contributed by atoms with Crippen LogP contribution in [-0.4, -0.2) is 15.9 Å². The molecule has 0 aliphatic heterocycles. The number of aromatic nitrogens is 2. The molecule has 0 N–H and O–H groups in total. The van der Waals surface area contributed by atoms with E-state index in [1.165, 1.54) is 44.1 Å². The Morgan fingerprint density at radius 3 is 2.27 bits per heavy atom. The number of nitrogens with zero attached hydrogens (tertiary/aromatic N) is 2. The fourth-order valence-corrected chi connectivity index (χ4v) is 3.43. The molecule has 0 saturated carbocycles. The van der Waals surface area contributed by atoms with Gasteiger partial charge in [0.2, 0.25) is 0 Å². The number of hydrogen-bond acceptors (Lipinski definition) is 4. The van der Waals surface area contributed by atoms with Crippen LogP contribution in [0.25, 0.3) is 11.4 Å². The number of hydrogen-bond donors (Lipinski definition) is 0. The van der Waals surface area contributed by atoms with Crippen molar-refractivity contribution in [3.63, 3.8) is 0 Å². The molecule has 1 aromatic carbocycles. The van der Waals surface area contributed by atoms with Crippen LogP contribution in [0.3, 0.4) is 0 Å². The van der Waals surface area contributed by atoms with E-state index >= 15 is 0 Å². The van der Waals surface area contributed by atoms with Crippen molar-refractivity contribution >= 4 is 5.97 Å². The Labute approximate surface area is 182 Å². The minimum Gasteiger partial charge on any atom is -0.423 e. The van der Waals surface area contributed by atoms with Gasteiger partial charge in [-0.25, -0.2) is 9.97 Å². The predicted molar refractivity (Wildman–Crippen MR) is 123 cm³/mol. The Bertz CT molecular complexity index is 726. The molecule has 1 unspecified atom stereocenters. The first-order valence-electron chi connectivity index (χ1n) is 11.7. The molecule has 0 amide bonds. The normalized spacial score (nSPS) is 12.0. The molecule has 0 radical (unpaired) electrons. The Balaban J connectivity index is 1.76. The van der Waals surface area contributed by atoms with Crippen LogP contribution >= 0.6 is 0 Å². The van der Waals surface area contributed by atoms with Gasteiger partial charge in [0.1, 0.15) is 0 Å². The van der Waals surface area contributed by atoms with Crippen molar-refractivity contribution in [2.24, 2.45) is 5.92 Å². The minimum atomic E-state index is -0.214. The fraction of sp³-hybridized carbons (Fsp3) is 0.577. The lowest BCUT2D eigenvalue weighted by Crippen LogP contribution is -2.09. The maximum atomic E-state index is 12.0. The van der Waals surface area contributed by atoms with Crippen molar-refractivity contribution in [3.8, 4) is 17.1 Å². The van der Waals surface area contributed by atoms with Crippen LogP contribution in [0.4, 0.5) is 0 Å². The number of rotatable bonds is 14. The maximum absolute atomic E-state index is 12.0. The van der Waals surface area contributed by atoms with Crippen LogP contribution < -0.4 is 4.74 Å². The number of ether oxygens (including phenoxy) is 1. The Morgan fingerprint density at radius 1 is 0.933 bits per heavy atom. The van der Waals surface area contributed by atoms with Gasteiger partial charge in [0.15, 0.2) is 11.6 Å². The first kappa shape index (κ1) is 24.0. The Morgan fingerprint density at radius 2 is 1.60 bits per heavy atom. The average Bonchev–Trinajstić information content (AvgIpc) is 2.77. The molecule has 1 aromatic heterocycles.